The summed E-state index contributed by atoms with van der Waals surface area (Å²) in [6.07, 6.45) is 4.79. The molecule has 3 atom stereocenters. The molecule has 2 nitrogen and oxygen atoms in total. The minimum absolute atomic E-state index is 0.131. The van der Waals surface area contributed by atoms with E-state index >= 15 is 0 Å². The molecule has 2 heteroatoms. The molecular weight excluding hydrogens is 188 g/mol. The average molecular weight is 208 g/mol. The number of hydrogen-bond acceptors (Lipinski definition) is 2. The fourth-order valence-electron chi connectivity index (χ4n) is 3.26. The van der Waals surface area contributed by atoms with Gasteiger partial charge in [0.1, 0.15) is 5.78 Å². The van der Waals surface area contributed by atoms with E-state index in [4.69, 9.17) is 4.74 Å². The van der Waals surface area contributed by atoms with Gasteiger partial charge in [0, 0.05) is 12.8 Å². The number of methoxy groups -OCH3 is 1. The van der Waals surface area contributed by atoms with Gasteiger partial charge in [-0.2, -0.15) is 0 Å². The van der Waals surface area contributed by atoms with E-state index in [-0.39, 0.29) is 10.8 Å². The van der Waals surface area contributed by atoms with E-state index in [1.807, 2.05) is 0 Å². The van der Waals surface area contributed by atoms with Crippen molar-refractivity contribution in [2.75, 3.05) is 7.11 Å². The van der Waals surface area contributed by atoms with Gasteiger partial charge in [0.2, 0.25) is 0 Å². The highest BCUT2D eigenvalue weighted by Crippen LogP contribution is 2.59. The predicted molar refractivity (Wildman–Crippen MR) is 59.3 cm³/mol. The van der Waals surface area contributed by atoms with Crippen molar-refractivity contribution < 1.29 is 9.53 Å². The van der Waals surface area contributed by atoms with Gasteiger partial charge >= 0.3 is 0 Å². The van der Waals surface area contributed by atoms with Gasteiger partial charge in [-0.1, -0.05) is 13.8 Å². The maximum absolute atomic E-state index is 12.0. The summed E-state index contributed by atoms with van der Waals surface area (Å²) in [5, 5.41) is 0. The molecule has 84 valence electrons. The average Bonchev–Trinajstić information content (AvgIpc) is 2.43. The van der Waals surface area contributed by atoms with E-state index < -0.39 is 0 Å². The molecule has 0 bridgehead atoms. The Morgan fingerprint density at radius 3 is 2.73 bits per heavy atom. The first-order valence-corrected chi connectivity index (χ1v) is 5.73. The minimum atomic E-state index is -0.296. The first kappa shape index (κ1) is 10.7. The molecule has 2 aliphatic rings. The molecule has 0 aliphatic heterocycles. The first-order valence-electron chi connectivity index (χ1n) is 5.73. The molecule has 1 fully saturated rings. The van der Waals surface area contributed by atoms with Crippen LogP contribution in [0.1, 0.15) is 40.0 Å². The molecule has 3 unspecified atom stereocenters. The molecule has 0 aromatic heterocycles. The lowest BCUT2D eigenvalue weighted by Gasteiger charge is -2.46. The molecule has 0 heterocycles. The van der Waals surface area contributed by atoms with Gasteiger partial charge in [-0.15, -0.1) is 0 Å². The molecule has 1 saturated carbocycles. The van der Waals surface area contributed by atoms with Crippen molar-refractivity contribution in [3.05, 3.63) is 11.8 Å². The van der Waals surface area contributed by atoms with Crippen LogP contribution in [0, 0.1) is 16.7 Å². The van der Waals surface area contributed by atoms with E-state index in [9.17, 15) is 4.79 Å². The molecular formula is C13H20O2. The zero-order chi connectivity index (χ0) is 11.3. The van der Waals surface area contributed by atoms with Crippen LogP contribution in [-0.2, 0) is 9.53 Å². The van der Waals surface area contributed by atoms with Gasteiger partial charge in [-0.05, 0) is 30.8 Å². The van der Waals surface area contributed by atoms with Crippen LogP contribution in [0.15, 0.2) is 11.8 Å². The van der Waals surface area contributed by atoms with E-state index in [1.165, 1.54) is 0 Å². The number of Topliss-reactive ketones (excluding diaryl/α,β-unsaturated/α-hetero) is 1. The Balaban J connectivity index is 2.50. The highest BCUT2D eigenvalue weighted by atomic mass is 16.5. The number of fused-ring (bicyclic) bond motifs is 1. The van der Waals surface area contributed by atoms with E-state index in [0.29, 0.717) is 11.7 Å². The summed E-state index contributed by atoms with van der Waals surface area (Å²) in [7, 11) is 1.70. The molecule has 2 aliphatic carbocycles. The van der Waals surface area contributed by atoms with Crippen LogP contribution < -0.4 is 0 Å². The summed E-state index contributed by atoms with van der Waals surface area (Å²) in [4.78, 5) is 12.0. The molecule has 15 heavy (non-hydrogen) atoms. The van der Waals surface area contributed by atoms with Crippen LogP contribution in [0.25, 0.3) is 0 Å². The van der Waals surface area contributed by atoms with Crippen LogP contribution in [0.5, 0.6) is 0 Å². The standard InChI is InChI=1S/C13H20O2/c1-9-7-10(15-4)8-13(3)11(14)5-6-12(9,13)2/h8-9H,5-7H2,1-4H3. The highest BCUT2D eigenvalue weighted by molar-refractivity contribution is 5.90. The molecule has 0 saturated heterocycles. The Hall–Kier alpha value is -0.790. The van der Waals surface area contributed by atoms with Crippen LogP contribution in [0.3, 0.4) is 0 Å². The van der Waals surface area contributed by atoms with Crippen molar-refractivity contribution in [3.8, 4) is 0 Å². The summed E-state index contributed by atoms with van der Waals surface area (Å²) in [5.41, 5.74) is -0.165. The SMILES string of the molecule is COC1=CC2(C)C(=O)CCC2(C)C(C)C1. The van der Waals surface area contributed by atoms with Crippen LogP contribution >= 0.6 is 0 Å². The summed E-state index contributed by atoms with van der Waals surface area (Å²) in [5.74, 6) is 1.89. The summed E-state index contributed by atoms with van der Waals surface area (Å²) in [6.45, 7) is 6.57. The molecule has 0 spiro atoms. The van der Waals surface area contributed by atoms with Gasteiger partial charge < -0.3 is 4.74 Å². The molecule has 0 aromatic rings. The molecule has 2 rings (SSSR count). The van der Waals surface area contributed by atoms with E-state index in [0.717, 1.165) is 25.0 Å². The maximum atomic E-state index is 12.0. The van der Waals surface area contributed by atoms with Gasteiger partial charge in [-0.25, -0.2) is 0 Å². The molecule has 0 amide bonds. The summed E-state index contributed by atoms with van der Waals surface area (Å²) >= 11 is 0. The normalized spacial score (nSPS) is 44.9. The minimum Gasteiger partial charge on any atom is -0.501 e. The zero-order valence-electron chi connectivity index (χ0n) is 10.1. The zero-order valence-corrected chi connectivity index (χ0v) is 10.1. The number of carbonyl (C=O) groups excluding carboxylic acids is 1. The second-order valence-electron chi connectivity index (χ2n) is 5.46. The smallest absolute Gasteiger partial charge is 0.143 e. The summed E-state index contributed by atoms with van der Waals surface area (Å²) in [6, 6.07) is 0. The van der Waals surface area contributed by atoms with Gasteiger partial charge in [0.05, 0.1) is 18.3 Å². The van der Waals surface area contributed by atoms with Crippen molar-refractivity contribution in [1.29, 1.82) is 0 Å². The summed E-state index contributed by atoms with van der Waals surface area (Å²) < 4.78 is 5.34. The second-order valence-corrected chi connectivity index (χ2v) is 5.46. The van der Waals surface area contributed by atoms with Crippen molar-refractivity contribution in [2.24, 2.45) is 16.7 Å². The Morgan fingerprint density at radius 2 is 2.13 bits per heavy atom. The lowest BCUT2D eigenvalue weighted by molar-refractivity contribution is -0.127. The van der Waals surface area contributed by atoms with Gasteiger partial charge in [-0.3, -0.25) is 4.79 Å². The third-order valence-electron chi connectivity index (χ3n) is 4.94. The van der Waals surface area contributed by atoms with Crippen molar-refractivity contribution in [3.63, 3.8) is 0 Å². The molecule has 0 aromatic carbocycles. The number of ether oxygens (including phenoxy) is 1. The Morgan fingerprint density at radius 1 is 1.47 bits per heavy atom. The first-order chi connectivity index (χ1) is 6.94. The van der Waals surface area contributed by atoms with E-state index in [1.54, 1.807) is 7.11 Å². The van der Waals surface area contributed by atoms with Crippen molar-refractivity contribution in [1.82, 2.24) is 0 Å². The van der Waals surface area contributed by atoms with Crippen molar-refractivity contribution in [2.45, 2.75) is 40.0 Å². The maximum Gasteiger partial charge on any atom is 0.143 e. The topological polar surface area (TPSA) is 26.3 Å². The van der Waals surface area contributed by atoms with Gasteiger partial charge in [0.25, 0.3) is 0 Å². The van der Waals surface area contributed by atoms with Crippen LogP contribution in [-0.4, -0.2) is 12.9 Å². The lowest BCUT2D eigenvalue weighted by Crippen LogP contribution is -2.43. The molecule has 0 radical (unpaired) electrons. The fourth-order valence-corrected chi connectivity index (χ4v) is 3.26. The highest BCUT2D eigenvalue weighted by Gasteiger charge is 2.57. The Kier molecular flexibility index (Phi) is 2.21. The fraction of sp³-hybridized carbons (Fsp3) is 0.769. The lowest BCUT2D eigenvalue weighted by atomic mass is 9.57. The predicted octanol–water partition coefficient (Wildman–Crippen LogP) is 2.93. The van der Waals surface area contributed by atoms with Crippen LogP contribution in [0.2, 0.25) is 0 Å². The second kappa shape index (κ2) is 3.10. The number of allylic oxidation sites excluding steroid dienone is 2. The van der Waals surface area contributed by atoms with Gasteiger partial charge in [0.15, 0.2) is 0 Å². The number of ketones is 1. The monoisotopic (exact) mass is 208 g/mol. The molecule has 0 N–H and O–H groups in total. The Bertz CT molecular complexity index is 331. The quantitative estimate of drug-likeness (QED) is 0.662. The Labute approximate surface area is 91.7 Å². The number of hydrogen-bond donors (Lipinski definition) is 0. The third-order valence-corrected chi connectivity index (χ3v) is 4.94. The van der Waals surface area contributed by atoms with E-state index in [2.05, 4.69) is 26.8 Å². The largest absolute Gasteiger partial charge is 0.501 e. The number of carbonyl (C=O) groups is 1. The van der Waals surface area contributed by atoms with Crippen molar-refractivity contribution >= 4 is 5.78 Å². The third kappa shape index (κ3) is 1.20. The number of rotatable bonds is 1. The van der Waals surface area contributed by atoms with Crippen LogP contribution in [0.4, 0.5) is 0 Å².